The molecule has 0 saturated carbocycles. The third kappa shape index (κ3) is 5.43. The maximum absolute atomic E-state index is 12.2. The Kier molecular flexibility index (Phi) is 6.42. The Hall–Kier alpha value is -2.99. The molecule has 0 aliphatic carbocycles. The molecule has 1 saturated heterocycles. The highest BCUT2D eigenvalue weighted by atomic mass is 35.5. The first-order valence-corrected chi connectivity index (χ1v) is 11.1. The van der Waals surface area contributed by atoms with Crippen LogP contribution in [0.25, 0.3) is 10.8 Å². The molecule has 1 aromatic heterocycles. The van der Waals surface area contributed by atoms with Crippen LogP contribution in [-0.4, -0.2) is 40.8 Å². The van der Waals surface area contributed by atoms with Crippen LogP contribution >= 0.6 is 11.6 Å². The summed E-state index contributed by atoms with van der Waals surface area (Å²) in [6.07, 6.45) is 2.08. The van der Waals surface area contributed by atoms with Gasteiger partial charge in [-0.1, -0.05) is 35.9 Å². The highest BCUT2D eigenvalue weighted by Gasteiger charge is 2.31. The minimum atomic E-state index is -0.506. The average Bonchev–Trinajstić information content (AvgIpc) is 3.22. The molecular formula is C25H27ClN2O4. The molecule has 0 bridgehead atoms. The maximum Gasteiger partial charge on any atom is 0.410 e. The Labute approximate surface area is 193 Å². The topological polar surface area (TPSA) is 60.9 Å². The summed E-state index contributed by atoms with van der Waals surface area (Å²) in [6.45, 7) is 7.07. The Bertz CT molecular complexity index is 1100. The van der Waals surface area contributed by atoms with Gasteiger partial charge in [0.1, 0.15) is 24.1 Å². The van der Waals surface area contributed by atoms with Crippen molar-refractivity contribution in [2.75, 3.05) is 13.1 Å². The van der Waals surface area contributed by atoms with E-state index in [0.29, 0.717) is 30.6 Å². The fourth-order valence-electron chi connectivity index (χ4n) is 3.58. The molecule has 1 amide bonds. The van der Waals surface area contributed by atoms with Crippen molar-refractivity contribution in [2.45, 2.75) is 45.5 Å². The largest absolute Gasteiger partial charge is 0.488 e. The summed E-state index contributed by atoms with van der Waals surface area (Å²) in [5.74, 6) is 1.31. The van der Waals surface area contributed by atoms with E-state index in [1.54, 1.807) is 11.1 Å². The number of ether oxygens (including phenoxy) is 3. The predicted octanol–water partition coefficient (Wildman–Crippen LogP) is 5.86. The van der Waals surface area contributed by atoms with E-state index in [-0.39, 0.29) is 12.2 Å². The summed E-state index contributed by atoms with van der Waals surface area (Å²) in [5.41, 5.74) is 0.423. The Morgan fingerprint density at radius 3 is 2.62 bits per heavy atom. The summed E-state index contributed by atoms with van der Waals surface area (Å²) in [4.78, 5) is 18.3. The van der Waals surface area contributed by atoms with Gasteiger partial charge in [0.15, 0.2) is 0 Å². The monoisotopic (exact) mass is 454 g/mol. The second-order valence-corrected chi connectivity index (χ2v) is 9.25. The van der Waals surface area contributed by atoms with E-state index >= 15 is 0 Å². The molecule has 2 aromatic carbocycles. The van der Waals surface area contributed by atoms with Gasteiger partial charge in [0, 0.05) is 46.6 Å². The van der Waals surface area contributed by atoms with Crippen molar-refractivity contribution in [1.29, 1.82) is 0 Å². The van der Waals surface area contributed by atoms with E-state index in [9.17, 15) is 4.79 Å². The summed E-state index contributed by atoms with van der Waals surface area (Å²) >= 11 is 6.28. The van der Waals surface area contributed by atoms with Crippen LogP contribution in [0.15, 0.2) is 54.7 Å². The molecule has 1 unspecified atom stereocenters. The predicted molar refractivity (Wildman–Crippen MR) is 124 cm³/mol. The van der Waals surface area contributed by atoms with E-state index in [1.165, 1.54) is 0 Å². The number of amides is 1. The standard InChI is InChI=1S/C25H27ClN2O4/c1-25(2,3)32-24(29)28-13-12-18(15-28)31-23-11-8-17(14-27-23)16-30-22-10-9-21(26)19-6-4-5-7-20(19)22/h4-11,14,18H,12-13,15-16H2,1-3H3. The van der Waals surface area contributed by atoms with Crippen molar-refractivity contribution < 1.29 is 19.0 Å². The molecule has 4 rings (SSSR count). The Balaban J connectivity index is 1.32. The van der Waals surface area contributed by atoms with Gasteiger partial charge in [0.05, 0.1) is 6.54 Å². The number of likely N-dealkylation sites (tertiary alicyclic amines) is 1. The van der Waals surface area contributed by atoms with Crippen LogP contribution in [0.3, 0.4) is 0 Å². The van der Waals surface area contributed by atoms with Gasteiger partial charge >= 0.3 is 6.09 Å². The van der Waals surface area contributed by atoms with Gasteiger partial charge in [0.2, 0.25) is 5.88 Å². The molecule has 2 heterocycles. The molecule has 32 heavy (non-hydrogen) atoms. The number of hydrogen-bond acceptors (Lipinski definition) is 5. The molecule has 3 aromatic rings. The zero-order valence-electron chi connectivity index (χ0n) is 18.5. The molecule has 1 atom stereocenters. The summed E-state index contributed by atoms with van der Waals surface area (Å²) in [7, 11) is 0. The summed E-state index contributed by atoms with van der Waals surface area (Å²) < 4.78 is 17.4. The zero-order chi connectivity index (χ0) is 22.7. The molecule has 0 radical (unpaired) electrons. The first-order chi connectivity index (χ1) is 15.3. The van der Waals surface area contributed by atoms with Gasteiger partial charge in [-0.3, -0.25) is 0 Å². The molecule has 0 N–H and O–H groups in total. The smallest absolute Gasteiger partial charge is 0.410 e. The third-order valence-electron chi connectivity index (χ3n) is 5.11. The molecular weight excluding hydrogens is 428 g/mol. The normalized spacial score (nSPS) is 16.2. The van der Waals surface area contributed by atoms with Gasteiger partial charge in [-0.2, -0.15) is 0 Å². The first kappa shape index (κ1) is 22.2. The van der Waals surface area contributed by atoms with Crippen LogP contribution in [-0.2, 0) is 11.3 Å². The quantitative estimate of drug-likeness (QED) is 0.483. The lowest BCUT2D eigenvalue weighted by Gasteiger charge is -2.24. The van der Waals surface area contributed by atoms with Gasteiger partial charge in [-0.25, -0.2) is 9.78 Å². The average molecular weight is 455 g/mol. The molecule has 0 spiro atoms. The number of carbonyl (C=O) groups excluding carboxylic acids is 1. The van der Waals surface area contributed by atoms with E-state index in [4.69, 9.17) is 25.8 Å². The van der Waals surface area contributed by atoms with E-state index in [1.807, 2.05) is 69.3 Å². The Morgan fingerprint density at radius 2 is 1.91 bits per heavy atom. The molecule has 168 valence electrons. The lowest BCUT2D eigenvalue weighted by molar-refractivity contribution is 0.0275. The molecule has 1 aliphatic heterocycles. The SMILES string of the molecule is CC(C)(C)OC(=O)N1CCC(Oc2ccc(COc3ccc(Cl)c4ccccc34)cn2)C1. The molecule has 6 nitrogen and oxygen atoms in total. The van der Waals surface area contributed by atoms with Crippen molar-refractivity contribution in [2.24, 2.45) is 0 Å². The second-order valence-electron chi connectivity index (χ2n) is 8.84. The Morgan fingerprint density at radius 1 is 1.12 bits per heavy atom. The van der Waals surface area contributed by atoms with Crippen molar-refractivity contribution in [3.8, 4) is 11.6 Å². The minimum Gasteiger partial charge on any atom is -0.488 e. The van der Waals surface area contributed by atoms with Crippen LogP contribution in [0.2, 0.25) is 5.02 Å². The van der Waals surface area contributed by atoms with E-state index in [0.717, 1.165) is 28.5 Å². The number of pyridine rings is 1. The molecule has 7 heteroatoms. The first-order valence-electron chi connectivity index (χ1n) is 10.7. The van der Waals surface area contributed by atoms with Crippen molar-refractivity contribution >= 4 is 28.5 Å². The van der Waals surface area contributed by atoms with Gasteiger partial charge in [-0.15, -0.1) is 0 Å². The van der Waals surface area contributed by atoms with Crippen LogP contribution < -0.4 is 9.47 Å². The summed E-state index contributed by atoms with van der Waals surface area (Å²) in [5, 5.41) is 2.64. The number of hydrogen-bond donors (Lipinski definition) is 0. The van der Waals surface area contributed by atoms with Crippen LogP contribution in [0.4, 0.5) is 4.79 Å². The van der Waals surface area contributed by atoms with Crippen molar-refractivity contribution in [1.82, 2.24) is 9.88 Å². The fourth-order valence-corrected chi connectivity index (χ4v) is 3.80. The lowest BCUT2D eigenvalue weighted by atomic mass is 10.1. The van der Waals surface area contributed by atoms with Gasteiger partial charge in [0.25, 0.3) is 0 Å². The fraction of sp³-hybridized carbons (Fsp3) is 0.360. The second kappa shape index (κ2) is 9.25. The van der Waals surface area contributed by atoms with Gasteiger partial charge in [-0.05, 0) is 39.0 Å². The lowest BCUT2D eigenvalue weighted by Crippen LogP contribution is -2.36. The number of fused-ring (bicyclic) bond motifs is 1. The third-order valence-corrected chi connectivity index (χ3v) is 5.44. The van der Waals surface area contributed by atoms with E-state index in [2.05, 4.69) is 4.98 Å². The zero-order valence-corrected chi connectivity index (χ0v) is 19.3. The van der Waals surface area contributed by atoms with Crippen LogP contribution in [0.5, 0.6) is 11.6 Å². The molecule has 1 fully saturated rings. The van der Waals surface area contributed by atoms with E-state index < -0.39 is 5.60 Å². The number of nitrogens with zero attached hydrogens (tertiary/aromatic N) is 2. The number of carbonyl (C=O) groups is 1. The van der Waals surface area contributed by atoms with Gasteiger partial charge < -0.3 is 19.1 Å². The minimum absolute atomic E-state index is 0.0995. The highest BCUT2D eigenvalue weighted by molar-refractivity contribution is 6.35. The maximum atomic E-state index is 12.2. The van der Waals surface area contributed by atoms with Crippen LogP contribution in [0, 0.1) is 0 Å². The number of aromatic nitrogens is 1. The summed E-state index contributed by atoms with van der Waals surface area (Å²) in [6, 6.07) is 15.4. The van der Waals surface area contributed by atoms with Crippen molar-refractivity contribution in [3.63, 3.8) is 0 Å². The molecule has 1 aliphatic rings. The van der Waals surface area contributed by atoms with Crippen molar-refractivity contribution in [3.05, 3.63) is 65.3 Å². The highest BCUT2D eigenvalue weighted by Crippen LogP contribution is 2.31. The van der Waals surface area contributed by atoms with Crippen LogP contribution in [0.1, 0.15) is 32.8 Å². The number of rotatable bonds is 5. The number of benzene rings is 2. The number of halogens is 1.